The number of aryl methyl sites for hydroxylation is 4. The summed E-state index contributed by atoms with van der Waals surface area (Å²) in [6.07, 6.45) is 1.74. The molecule has 0 fully saturated rings. The normalized spacial score (nSPS) is 10.3. The van der Waals surface area contributed by atoms with Crippen LogP contribution in [0.15, 0.2) is 24.3 Å². The van der Waals surface area contributed by atoms with E-state index >= 15 is 0 Å². The van der Waals surface area contributed by atoms with Crippen LogP contribution in [0.3, 0.4) is 0 Å². The third-order valence-corrected chi connectivity index (χ3v) is 3.23. The Bertz CT molecular complexity index is 603. The van der Waals surface area contributed by atoms with E-state index in [0.29, 0.717) is 5.69 Å². The Kier molecular flexibility index (Phi) is 3.47. The molecule has 1 aromatic carbocycles. The molecule has 0 saturated carbocycles. The summed E-state index contributed by atoms with van der Waals surface area (Å²) in [5.41, 5.74) is 4.14. The van der Waals surface area contributed by atoms with Gasteiger partial charge in [-0.1, -0.05) is 29.8 Å². The van der Waals surface area contributed by atoms with Gasteiger partial charge in [-0.15, -0.1) is 0 Å². The Morgan fingerprint density at radius 2 is 2.06 bits per heavy atom. The van der Waals surface area contributed by atoms with Gasteiger partial charge in [0.05, 0.1) is 5.69 Å². The molecule has 0 aliphatic carbocycles. The first-order valence-electron chi connectivity index (χ1n) is 6.09. The Balaban J connectivity index is 2.16. The summed E-state index contributed by atoms with van der Waals surface area (Å²) in [5.74, 6) is 0.894. The van der Waals surface area contributed by atoms with Crippen molar-refractivity contribution in [1.82, 2.24) is 9.55 Å². The lowest BCUT2D eigenvalue weighted by atomic mass is 10.1. The molecule has 1 aromatic heterocycles. The highest BCUT2D eigenvalue weighted by Crippen LogP contribution is 2.13. The quantitative estimate of drug-likeness (QED) is 0.826. The second-order valence-corrected chi connectivity index (χ2v) is 4.61. The average Bonchev–Trinajstić information content (AvgIpc) is 2.62. The van der Waals surface area contributed by atoms with Crippen LogP contribution in [0.25, 0.3) is 0 Å². The van der Waals surface area contributed by atoms with Gasteiger partial charge in [0.2, 0.25) is 0 Å². The van der Waals surface area contributed by atoms with Crippen molar-refractivity contribution in [3.63, 3.8) is 0 Å². The molecule has 0 amide bonds. The molecule has 0 aliphatic rings. The fraction of sp³-hybridized carbons (Fsp3) is 0.333. The molecule has 3 heteroatoms. The van der Waals surface area contributed by atoms with Crippen LogP contribution in [0.4, 0.5) is 0 Å². The Hall–Kier alpha value is -2.08. The first kappa shape index (κ1) is 12.4. The molecule has 0 radical (unpaired) electrons. The number of hydrogen-bond acceptors (Lipinski definition) is 2. The van der Waals surface area contributed by atoms with E-state index in [2.05, 4.69) is 42.2 Å². The minimum Gasteiger partial charge on any atom is -0.323 e. The van der Waals surface area contributed by atoms with Gasteiger partial charge < -0.3 is 4.57 Å². The highest BCUT2D eigenvalue weighted by Gasteiger charge is 2.11. The lowest BCUT2D eigenvalue weighted by Crippen LogP contribution is -1.97. The van der Waals surface area contributed by atoms with Crippen molar-refractivity contribution >= 4 is 0 Å². The molecule has 2 aromatic rings. The number of aromatic nitrogens is 2. The Morgan fingerprint density at radius 3 is 2.72 bits per heavy atom. The second-order valence-electron chi connectivity index (χ2n) is 4.61. The molecule has 18 heavy (non-hydrogen) atoms. The van der Waals surface area contributed by atoms with Crippen LogP contribution in [-0.2, 0) is 19.9 Å². The molecule has 2 rings (SSSR count). The number of benzene rings is 1. The zero-order valence-corrected chi connectivity index (χ0v) is 11.1. The number of nitrogens with zero attached hydrogens (tertiary/aromatic N) is 3. The van der Waals surface area contributed by atoms with E-state index in [-0.39, 0.29) is 0 Å². The maximum atomic E-state index is 9.14. The minimum absolute atomic E-state index is 0.681. The molecule has 0 unspecified atom stereocenters. The average molecular weight is 239 g/mol. The summed E-state index contributed by atoms with van der Waals surface area (Å²) >= 11 is 0. The van der Waals surface area contributed by atoms with Crippen molar-refractivity contribution in [3.8, 4) is 6.07 Å². The summed E-state index contributed by atoms with van der Waals surface area (Å²) in [6, 6.07) is 10.7. The van der Waals surface area contributed by atoms with E-state index in [4.69, 9.17) is 5.26 Å². The number of imidazole rings is 1. The standard InChI is InChI=1S/C15H17N3/c1-11-5-4-6-13(9-11)7-8-14-15(10-16)18(3)12(2)17-14/h4-6,9H,7-8H2,1-3H3. The van der Waals surface area contributed by atoms with Crippen LogP contribution in [0, 0.1) is 25.2 Å². The van der Waals surface area contributed by atoms with Crippen LogP contribution >= 0.6 is 0 Å². The van der Waals surface area contributed by atoms with Crippen LogP contribution < -0.4 is 0 Å². The van der Waals surface area contributed by atoms with Crippen molar-refractivity contribution in [2.45, 2.75) is 26.7 Å². The number of rotatable bonds is 3. The maximum absolute atomic E-state index is 9.14. The number of nitriles is 1. The van der Waals surface area contributed by atoms with Crippen molar-refractivity contribution in [2.24, 2.45) is 7.05 Å². The van der Waals surface area contributed by atoms with Gasteiger partial charge in [0.1, 0.15) is 17.6 Å². The van der Waals surface area contributed by atoms with Crippen LogP contribution in [-0.4, -0.2) is 9.55 Å². The third-order valence-electron chi connectivity index (χ3n) is 3.23. The molecule has 0 atom stereocenters. The fourth-order valence-electron chi connectivity index (χ4n) is 2.12. The summed E-state index contributed by atoms with van der Waals surface area (Å²) in [4.78, 5) is 4.46. The van der Waals surface area contributed by atoms with Crippen LogP contribution in [0.5, 0.6) is 0 Å². The molecule has 0 N–H and O–H groups in total. The van der Waals surface area contributed by atoms with E-state index in [1.165, 1.54) is 11.1 Å². The summed E-state index contributed by atoms with van der Waals surface area (Å²) in [6.45, 7) is 4.02. The van der Waals surface area contributed by atoms with Crippen molar-refractivity contribution < 1.29 is 0 Å². The molecule has 0 saturated heterocycles. The van der Waals surface area contributed by atoms with Gasteiger partial charge in [-0.25, -0.2) is 4.98 Å². The summed E-state index contributed by atoms with van der Waals surface area (Å²) in [5, 5.41) is 9.14. The minimum atomic E-state index is 0.681. The van der Waals surface area contributed by atoms with Crippen molar-refractivity contribution in [2.75, 3.05) is 0 Å². The van der Waals surface area contributed by atoms with E-state index in [1.54, 1.807) is 0 Å². The molecule has 0 bridgehead atoms. The monoisotopic (exact) mass is 239 g/mol. The second kappa shape index (κ2) is 5.05. The molecule has 1 heterocycles. The smallest absolute Gasteiger partial charge is 0.143 e. The van der Waals surface area contributed by atoms with Gasteiger partial charge in [-0.3, -0.25) is 0 Å². The van der Waals surface area contributed by atoms with Gasteiger partial charge in [-0.2, -0.15) is 5.26 Å². The van der Waals surface area contributed by atoms with Crippen LogP contribution in [0.1, 0.15) is 28.3 Å². The van der Waals surface area contributed by atoms with Gasteiger partial charge in [0, 0.05) is 7.05 Å². The lowest BCUT2D eigenvalue weighted by Gasteiger charge is -2.01. The van der Waals surface area contributed by atoms with Gasteiger partial charge in [0.25, 0.3) is 0 Å². The third kappa shape index (κ3) is 2.43. The van der Waals surface area contributed by atoms with Crippen LogP contribution in [0.2, 0.25) is 0 Å². The molecule has 0 spiro atoms. The Morgan fingerprint density at radius 1 is 1.28 bits per heavy atom. The van der Waals surface area contributed by atoms with E-state index in [9.17, 15) is 0 Å². The van der Waals surface area contributed by atoms with E-state index in [0.717, 1.165) is 24.4 Å². The highest BCUT2D eigenvalue weighted by molar-refractivity contribution is 5.30. The maximum Gasteiger partial charge on any atom is 0.143 e. The predicted molar refractivity (Wildman–Crippen MR) is 71.2 cm³/mol. The van der Waals surface area contributed by atoms with Gasteiger partial charge in [0.15, 0.2) is 0 Å². The topological polar surface area (TPSA) is 41.6 Å². The zero-order chi connectivity index (χ0) is 13.1. The number of hydrogen-bond donors (Lipinski definition) is 0. The van der Waals surface area contributed by atoms with E-state index < -0.39 is 0 Å². The first-order chi connectivity index (χ1) is 8.61. The molecular formula is C15H17N3. The molecule has 92 valence electrons. The fourth-order valence-corrected chi connectivity index (χ4v) is 2.12. The lowest BCUT2D eigenvalue weighted by molar-refractivity contribution is 0.844. The van der Waals surface area contributed by atoms with Crippen molar-refractivity contribution in [1.29, 1.82) is 5.26 Å². The predicted octanol–water partition coefficient (Wildman–Crippen LogP) is 2.69. The highest BCUT2D eigenvalue weighted by atomic mass is 15.1. The zero-order valence-electron chi connectivity index (χ0n) is 11.1. The largest absolute Gasteiger partial charge is 0.323 e. The van der Waals surface area contributed by atoms with Gasteiger partial charge >= 0.3 is 0 Å². The summed E-state index contributed by atoms with van der Waals surface area (Å²) in [7, 11) is 1.89. The summed E-state index contributed by atoms with van der Waals surface area (Å²) < 4.78 is 1.85. The molecular weight excluding hydrogens is 222 g/mol. The van der Waals surface area contributed by atoms with E-state index in [1.807, 2.05) is 18.5 Å². The molecule has 0 aliphatic heterocycles. The first-order valence-corrected chi connectivity index (χ1v) is 6.09. The SMILES string of the molecule is Cc1cccc(CCc2nc(C)n(C)c2C#N)c1. The van der Waals surface area contributed by atoms with Gasteiger partial charge in [-0.05, 0) is 32.3 Å². The Labute approximate surface area is 108 Å². The molecule has 3 nitrogen and oxygen atoms in total. The van der Waals surface area contributed by atoms with Crippen molar-refractivity contribution in [3.05, 3.63) is 52.6 Å².